The van der Waals surface area contributed by atoms with Crippen molar-refractivity contribution in [3.63, 3.8) is 0 Å². The fraction of sp³-hybridized carbons (Fsp3) is 0.478. The van der Waals surface area contributed by atoms with Gasteiger partial charge in [0.1, 0.15) is 22.8 Å². The molecule has 3 aliphatic carbocycles. The number of aliphatic hydroxyl groups excluding tert-OH is 1. The van der Waals surface area contributed by atoms with Gasteiger partial charge in [0.05, 0.1) is 55.3 Å². The number of carbonyl (C=O) groups is 4. The zero-order valence-electron chi connectivity index (χ0n) is 35.4. The van der Waals surface area contributed by atoms with Crippen molar-refractivity contribution in [1.29, 1.82) is 0 Å². The molecule has 5 aliphatic rings. The van der Waals surface area contributed by atoms with E-state index in [0.29, 0.717) is 19.1 Å². The first-order valence-electron chi connectivity index (χ1n) is 20.9. The number of benzene rings is 3. The predicted octanol–water partition coefficient (Wildman–Crippen LogP) is 4.22. The van der Waals surface area contributed by atoms with Crippen molar-refractivity contribution in [2.24, 2.45) is 5.73 Å². The van der Waals surface area contributed by atoms with Crippen LogP contribution in [0.3, 0.4) is 0 Å². The molecule has 0 spiro atoms. The second kappa shape index (κ2) is 19.3. The maximum Gasteiger partial charge on any atom is 0.220 e. The van der Waals surface area contributed by atoms with E-state index >= 15 is 0 Å². The minimum atomic E-state index is -1.87. The molecule has 3 aromatic carbocycles. The highest BCUT2D eigenvalue weighted by atomic mass is 16.5. The SMILES string of the molecule is C=CNO.COc1ccc([C@H]2CNC(=O)C2)cc1OC1CCCC1.COc1cccc2c1C(=O)c1c(O)c3c(c(O)c1C2=O)C[C@@](O)(C(C)=O)C[C@@H]3C[C@H]1C[C@H](N)[C@H](O)[C@H](C)O1. The van der Waals surface area contributed by atoms with Gasteiger partial charge < -0.3 is 50.4 Å². The van der Waals surface area contributed by atoms with Gasteiger partial charge in [-0.3, -0.25) is 29.9 Å². The monoisotopic (exact) mass is 859 g/mol. The standard InChI is InChI=1S/C28H31NO9.C16H21NO3.C2H5NO/c1-11-23(31)17(29)8-14(38-11)7-13-9-28(36,12(2)30)10-16-19(13)26(34)22-21(25(16)33)24(32)15-5-4-6-18(37-3)20(15)27(22)35;1-19-14-7-6-11(12-9-16(18)17-10-12)8-15(14)20-13-4-2-3-5-13;1-2-3-4/h4-6,11,13-14,17,23,31,33-34,36H,7-10,29H2,1-3H3;6-8,12-13H,2-5,9-10H2,1H3,(H,17,18);2-4H,1H2/t11-,13-,14-,17-,23+,28+;12-;/m01./s1. The van der Waals surface area contributed by atoms with E-state index in [0.717, 1.165) is 29.9 Å². The number of ketones is 3. The Bertz CT molecular complexity index is 2190. The zero-order chi connectivity index (χ0) is 45.0. The molecular formula is C46H57N3O13. The molecule has 3 aromatic rings. The van der Waals surface area contributed by atoms with E-state index < -0.39 is 64.7 Å². The van der Waals surface area contributed by atoms with Gasteiger partial charge >= 0.3 is 0 Å². The normalized spacial score (nSPS) is 26.3. The van der Waals surface area contributed by atoms with Crippen molar-refractivity contribution in [1.82, 2.24) is 10.8 Å². The maximum absolute atomic E-state index is 13.7. The summed E-state index contributed by atoms with van der Waals surface area (Å²) in [7, 11) is 3.02. The van der Waals surface area contributed by atoms with Crippen LogP contribution in [0, 0.1) is 0 Å². The summed E-state index contributed by atoms with van der Waals surface area (Å²) >= 11 is 0. The molecule has 0 aromatic heterocycles. The summed E-state index contributed by atoms with van der Waals surface area (Å²) in [5.41, 5.74) is 6.58. The van der Waals surface area contributed by atoms with Crippen LogP contribution in [-0.4, -0.2) is 106 Å². The summed E-state index contributed by atoms with van der Waals surface area (Å²) in [5.74, 6) is -1.53. The summed E-state index contributed by atoms with van der Waals surface area (Å²) in [6.07, 6.45) is 4.90. The van der Waals surface area contributed by atoms with Crippen molar-refractivity contribution in [3.8, 4) is 28.7 Å². The molecule has 16 nitrogen and oxygen atoms in total. The number of nitrogens with two attached hydrogens (primary N) is 1. The Morgan fingerprint density at radius 2 is 1.69 bits per heavy atom. The number of aliphatic hydroxyl groups is 2. The Hall–Kier alpha value is -5.52. The second-order valence-corrected chi connectivity index (χ2v) is 16.6. The van der Waals surface area contributed by atoms with Crippen LogP contribution in [0.2, 0.25) is 0 Å². The molecule has 0 unspecified atom stereocenters. The van der Waals surface area contributed by atoms with Crippen LogP contribution in [0.1, 0.15) is 126 Å². The van der Waals surface area contributed by atoms with Crippen LogP contribution in [0.25, 0.3) is 0 Å². The first-order chi connectivity index (χ1) is 29.6. The first kappa shape index (κ1) is 46.0. The van der Waals surface area contributed by atoms with Crippen molar-refractivity contribution >= 4 is 23.3 Å². The van der Waals surface area contributed by atoms with E-state index in [1.165, 1.54) is 45.2 Å². The largest absolute Gasteiger partial charge is 0.507 e. The van der Waals surface area contributed by atoms with Crippen molar-refractivity contribution in [3.05, 3.63) is 88.1 Å². The van der Waals surface area contributed by atoms with Crippen LogP contribution in [0.15, 0.2) is 49.2 Å². The second-order valence-electron chi connectivity index (χ2n) is 16.6. The Morgan fingerprint density at radius 3 is 2.29 bits per heavy atom. The van der Waals surface area contributed by atoms with Crippen LogP contribution >= 0.6 is 0 Å². The minimum Gasteiger partial charge on any atom is -0.507 e. The number of carbonyl (C=O) groups excluding carboxylic acids is 4. The number of fused-ring (bicyclic) bond motifs is 3. The molecule has 7 atom stereocenters. The fourth-order valence-electron chi connectivity index (χ4n) is 9.35. The Kier molecular flexibility index (Phi) is 14.3. The molecule has 3 fully saturated rings. The number of rotatable bonds is 9. The molecule has 1 amide bonds. The van der Waals surface area contributed by atoms with Gasteiger partial charge in [0.2, 0.25) is 11.7 Å². The van der Waals surface area contributed by atoms with Gasteiger partial charge in [0, 0.05) is 54.2 Å². The summed E-state index contributed by atoms with van der Waals surface area (Å²) in [5, 5.41) is 54.8. The van der Waals surface area contributed by atoms with E-state index in [9.17, 15) is 39.6 Å². The van der Waals surface area contributed by atoms with Gasteiger partial charge in [-0.1, -0.05) is 24.8 Å². The highest BCUT2D eigenvalue weighted by molar-refractivity contribution is 6.31. The van der Waals surface area contributed by atoms with E-state index in [1.807, 2.05) is 18.2 Å². The Morgan fingerprint density at radius 1 is 1.02 bits per heavy atom. The molecule has 0 bridgehead atoms. The number of ether oxygens (including phenoxy) is 4. The topological polar surface area (TPSA) is 256 Å². The lowest BCUT2D eigenvalue weighted by Crippen LogP contribution is -2.52. The first-order valence-corrected chi connectivity index (χ1v) is 20.9. The Labute approximate surface area is 360 Å². The molecular weight excluding hydrogens is 803 g/mol. The van der Waals surface area contributed by atoms with Gasteiger partial charge in [0.15, 0.2) is 23.1 Å². The van der Waals surface area contributed by atoms with Crippen molar-refractivity contribution in [2.45, 2.75) is 120 Å². The molecule has 2 saturated heterocycles. The van der Waals surface area contributed by atoms with Gasteiger partial charge in [-0.2, -0.15) is 0 Å². The van der Waals surface area contributed by atoms with E-state index in [-0.39, 0.29) is 76.6 Å². The number of Topliss-reactive ketones (excluding diaryl/α,β-unsaturated/α-hetero) is 1. The molecule has 16 heteroatoms. The molecule has 9 N–H and O–H groups in total. The van der Waals surface area contributed by atoms with Gasteiger partial charge in [-0.15, -0.1) is 0 Å². The van der Waals surface area contributed by atoms with Crippen LogP contribution < -0.4 is 30.7 Å². The molecule has 334 valence electrons. The van der Waals surface area contributed by atoms with Crippen LogP contribution in [0.5, 0.6) is 28.7 Å². The van der Waals surface area contributed by atoms with Crippen molar-refractivity contribution in [2.75, 3.05) is 20.8 Å². The smallest absolute Gasteiger partial charge is 0.220 e. The van der Waals surface area contributed by atoms with E-state index in [4.69, 9.17) is 29.9 Å². The highest BCUT2D eigenvalue weighted by Gasteiger charge is 2.49. The maximum atomic E-state index is 13.7. The lowest BCUT2D eigenvalue weighted by atomic mass is 9.67. The van der Waals surface area contributed by atoms with Gasteiger partial charge in [0.25, 0.3) is 0 Å². The lowest BCUT2D eigenvalue weighted by molar-refractivity contribution is -0.139. The molecule has 8 rings (SSSR count). The quantitative estimate of drug-likeness (QED) is 0.0867. The minimum absolute atomic E-state index is 0.0147. The third kappa shape index (κ3) is 9.15. The number of hydrogen-bond acceptors (Lipinski definition) is 15. The van der Waals surface area contributed by atoms with Crippen LogP contribution in [-0.2, 0) is 20.7 Å². The summed E-state index contributed by atoms with van der Waals surface area (Å²) < 4.78 is 22.7. The number of amides is 1. The van der Waals surface area contributed by atoms with E-state index in [1.54, 1.807) is 25.6 Å². The Balaban J connectivity index is 0.000000223. The summed E-state index contributed by atoms with van der Waals surface area (Å²) in [4.78, 5) is 51.1. The number of hydroxylamine groups is 1. The summed E-state index contributed by atoms with van der Waals surface area (Å²) in [6, 6.07) is 9.97. The molecule has 2 aliphatic heterocycles. The van der Waals surface area contributed by atoms with Crippen molar-refractivity contribution < 1.29 is 63.8 Å². The number of hydrogen-bond donors (Lipinski definition) is 8. The average Bonchev–Trinajstić information content (AvgIpc) is 3.94. The molecule has 62 heavy (non-hydrogen) atoms. The van der Waals surface area contributed by atoms with E-state index in [2.05, 4.69) is 11.9 Å². The van der Waals surface area contributed by atoms with Gasteiger partial charge in [-0.25, -0.2) is 0 Å². The molecule has 0 radical (unpaired) electrons. The number of phenolic OH excluding ortho intramolecular Hbond substituents is 2. The third-order valence-electron chi connectivity index (χ3n) is 12.6. The highest BCUT2D eigenvalue weighted by Crippen LogP contribution is 2.53. The average molecular weight is 860 g/mol. The summed E-state index contributed by atoms with van der Waals surface area (Å²) in [6.45, 7) is 6.76. The number of nitrogens with one attached hydrogen (secondary N) is 2. The number of phenols is 2. The zero-order valence-corrected chi connectivity index (χ0v) is 35.4. The molecule has 2 heterocycles. The predicted molar refractivity (Wildman–Crippen MR) is 225 cm³/mol. The number of methoxy groups -OCH3 is 2. The fourth-order valence-corrected chi connectivity index (χ4v) is 9.35. The van der Waals surface area contributed by atoms with Gasteiger partial charge in [-0.05, 0) is 88.5 Å². The number of aromatic hydroxyl groups is 2. The van der Waals surface area contributed by atoms with Crippen LogP contribution in [0.4, 0.5) is 0 Å². The third-order valence-corrected chi connectivity index (χ3v) is 12.6. The lowest BCUT2D eigenvalue weighted by Gasteiger charge is -2.42. The molecule has 1 saturated carbocycles.